The van der Waals surface area contributed by atoms with Gasteiger partial charge in [-0.05, 0) is 52.4 Å². The molecule has 4 nitrogen and oxygen atoms in total. The van der Waals surface area contributed by atoms with Gasteiger partial charge >= 0.3 is 6.09 Å². The Morgan fingerprint density at radius 1 is 1.29 bits per heavy atom. The van der Waals surface area contributed by atoms with Gasteiger partial charge in [-0.25, -0.2) is 4.79 Å². The maximum Gasteiger partial charge on any atom is 0.410 e. The highest BCUT2D eigenvalue weighted by Crippen LogP contribution is 2.18. The maximum absolute atomic E-state index is 12.1. The molecule has 1 aliphatic rings. The summed E-state index contributed by atoms with van der Waals surface area (Å²) in [6.07, 6.45) is 12.0. The zero-order chi connectivity index (χ0) is 15.7. The minimum Gasteiger partial charge on any atom is -0.444 e. The van der Waals surface area contributed by atoms with Crippen LogP contribution in [-0.2, 0) is 4.74 Å². The first kappa shape index (κ1) is 17.8. The summed E-state index contributed by atoms with van der Waals surface area (Å²) in [6, 6.07) is 0. The van der Waals surface area contributed by atoms with Gasteiger partial charge in [0.05, 0.1) is 0 Å². The molecule has 1 aliphatic carbocycles. The van der Waals surface area contributed by atoms with E-state index in [-0.39, 0.29) is 12.7 Å². The van der Waals surface area contributed by atoms with Gasteiger partial charge in [-0.3, -0.25) is 0 Å². The van der Waals surface area contributed by atoms with Crippen LogP contribution in [0.1, 0.15) is 46.5 Å². The van der Waals surface area contributed by atoms with E-state index in [0.29, 0.717) is 25.4 Å². The third-order valence-corrected chi connectivity index (χ3v) is 3.31. The van der Waals surface area contributed by atoms with Crippen LogP contribution in [0.5, 0.6) is 0 Å². The predicted octanol–water partition coefficient (Wildman–Crippen LogP) is 3.52. The van der Waals surface area contributed by atoms with Gasteiger partial charge in [-0.2, -0.15) is 0 Å². The smallest absolute Gasteiger partial charge is 0.410 e. The van der Waals surface area contributed by atoms with Crippen LogP contribution in [-0.4, -0.2) is 41.4 Å². The SMILES string of the molecule is CC(C)(C)OC(=O)N(CCCO)CCCC1C=CC=CC1. The number of hydrogen-bond donors (Lipinski definition) is 1. The van der Waals surface area contributed by atoms with Gasteiger partial charge in [0.1, 0.15) is 5.60 Å². The molecule has 1 atom stereocenters. The normalized spacial score (nSPS) is 17.8. The highest BCUT2D eigenvalue weighted by atomic mass is 16.6. The van der Waals surface area contributed by atoms with Crippen LogP contribution in [0.2, 0.25) is 0 Å². The molecule has 1 N–H and O–H groups in total. The Bertz CT molecular complexity index is 369. The second-order valence-electron chi connectivity index (χ2n) is 6.50. The molecular formula is C17H29NO3. The minimum atomic E-state index is -0.481. The summed E-state index contributed by atoms with van der Waals surface area (Å²) >= 11 is 0. The molecule has 1 amide bonds. The predicted molar refractivity (Wildman–Crippen MR) is 85.1 cm³/mol. The van der Waals surface area contributed by atoms with E-state index in [9.17, 15) is 4.79 Å². The zero-order valence-electron chi connectivity index (χ0n) is 13.5. The summed E-state index contributed by atoms with van der Waals surface area (Å²) in [4.78, 5) is 13.9. The number of rotatable bonds is 7. The van der Waals surface area contributed by atoms with Crippen molar-refractivity contribution in [1.29, 1.82) is 0 Å². The number of aliphatic hydroxyl groups is 1. The minimum absolute atomic E-state index is 0.0927. The van der Waals surface area contributed by atoms with Gasteiger partial charge in [0.2, 0.25) is 0 Å². The van der Waals surface area contributed by atoms with E-state index < -0.39 is 5.60 Å². The fourth-order valence-corrected chi connectivity index (χ4v) is 2.27. The van der Waals surface area contributed by atoms with Crippen molar-refractivity contribution in [1.82, 2.24) is 4.90 Å². The Morgan fingerprint density at radius 3 is 2.57 bits per heavy atom. The number of aliphatic hydroxyl groups excluding tert-OH is 1. The summed E-state index contributed by atoms with van der Waals surface area (Å²) < 4.78 is 5.42. The van der Waals surface area contributed by atoms with Gasteiger partial charge < -0.3 is 14.7 Å². The highest BCUT2D eigenvalue weighted by Gasteiger charge is 2.21. The summed E-state index contributed by atoms with van der Waals surface area (Å²) in [5, 5.41) is 8.96. The van der Waals surface area contributed by atoms with Crippen LogP contribution in [0.15, 0.2) is 24.3 Å². The molecule has 0 fully saturated rings. The van der Waals surface area contributed by atoms with Gasteiger partial charge in [0.25, 0.3) is 0 Å². The second-order valence-corrected chi connectivity index (χ2v) is 6.50. The second kappa shape index (κ2) is 8.88. The quantitative estimate of drug-likeness (QED) is 0.782. The van der Waals surface area contributed by atoms with Crippen LogP contribution in [0.3, 0.4) is 0 Å². The molecule has 0 aromatic heterocycles. The van der Waals surface area contributed by atoms with Gasteiger partial charge in [-0.1, -0.05) is 24.3 Å². The molecule has 0 saturated heterocycles. The lowest BCUT2D eigenvalue weighted by atomic mass is 9.96. The Hall–Kier alpha value is -1.29. The summed E-state index contributed by atoms with van der Waals surface area (Å²) in [6.45, 7) is 6.93. The van der Waals surface area contributed by atoms with Crippen molar-refractivity contribution >= 4 is 6.09 Å². The van der Waals surface area contributed by atoms with E-state index in [4.69, 9.17) is 9.84 Å². The zero-order valence-corrected chi connectivity index (χ0v) is 13.5. The molecule has 4 heteroatoms. The molecule has 0 aromatic rings. The average molecular weight is 295 g/mol. The number of hydrogen-bond acceptors (Lipinski definition) is 3. The van der Waals surface area contributed by atoms with E-state index in [1.54, 1.807) is 4.90 Å². The third-order valence-electron chi connectivity index (χ3n) is 3.31. The first-order valence-electron chi connectivity index (χ1n) is 7.84. The Morgan fingerprint density at radius 2 is 2.00 bits per heavy atom. The number of allylic oxidation sites excluding steroid dienone is 4. The number of carbonyl (C=O) groups excluding carboxylic acids is 1. The Kier molecular flexibility index (Phi) is 7.51. The molecule has 21 heavy (non-hydrogen) atoms. The molecule has 0 spiro atoms. The van der Waals surface area contributed by atoms with E-state index >= 15 is 0 Å². The first-order chi connectivity index (χ1) is 9.92. The van der Waals surface area contributed by atoms with Gasteiger partial charge in [0.15, 0.2) is 0 Å². The fourth-order valence-electron chi connectivity index (χ4n) is 2.27. The van der Waals surface area contributed by atoms with Crippen molar-refractivity contribution in [2.45, 2.75) is 52.1 Å². The number of ether oxygens (including phenoxy) is 1. The van der Waals surface area contributed by atoms with Crippen molar-refractivity contribution in [2.24, 2.45) is 5.92 Å². The molecule has 0 bridgehead atoms. The first-order valence-corrected chi connectivity index (χ1v) is 7.84. The maximum atomic E-state index is 12.1. The molecular weight excluding hydrogens is 266 g/mol. The van der Waals surface area contributed by atoms with Crippen molar-refractivity contribution in [3.63, 3.8) is 0 Å². The molecule has 1 unspecified atom stereocenters. The monoisotopic (exact) mass is 295 g/mol. The lowest BCUT2D eigenvalue weighted by Crippen LogP contribution is -2.38. The molecule has 1 rings (SSSR count). The van der Waals surface area contributed by atoms with Gasteiger partial charge in [0, 0.05) is 19.7 Å². The molecule has 0 aromatic carbocycles. The molecule has 0 aliphatic heterocycles. The van der Waals surface area contributed by atoms with Crippen molar-refractivity contribution in [3.05, 3.63) is 24.3 Å². The number of nitrogens with zero attached hydrogens (tertiary/aromatic N) is 1. The molecule has 120 valence electrons. The van der Waals surface area contributed by atoms with Crippen LogP contribution < -0.4 is 0 Å². The van der Waals surface area contributed by atoms with Crippen LogP contribution in [0, 0.1) is 5.92 Å². The standard InChI is InChI=1S/C17H29NO3/c1-17(2,3)21-16(20)18(13-8-14-19)12-7-11-15-9-5-4-6-10-15/h4-6,9,15,19H,7-8,10-14H2,1-3H3. The highest BCUT2D eigenvalue weighted by molar-refractivity contribution is 5.68. The van der Waals surface area contributed by atoms with E-state index in [1.807, 2.05) is 20.8 Å². The van der Waals surface area contributed by atoms with Crippen molar-refractivity contribution < 1.29 is 14.6 Å². The van der Waals surface area contributed by atoms with E-state index in [2.05, 4.69) is 24.3 Å². The summed E-state index contributed by atoms with van der Waals surface area (Å²) in [5.74, 6) is 0.577. The molecule has 0 radical (unpaired) electrons. The summed E-state index contributed by atoms with van der Waals surface area (Å²) in [7, 11) is 0. The molecule has 0 saturated carbocycles. The lowest BCUT2D eigenvalue weighted by molar-refractivity contribution is 0.0236. The van der Waals surface area contributed by atoms with E-state index in [0.717, 1.165) is 19.3 Å². The van der Waals surface area contributed by atoms with Gasteiger partial charge in [-0.15, -0.1) is 0 Å². The number of amides is 1. The molecule has 0 heterocycles. The third kappa shape index (κ3) is 7.90. The lowest BCUT2D eigenvalue weighted by Gasteiger charge is -2.27. The Balaban J connectivity index is 2.39. The fraction of sp³-hybridized carbons (Fsp3) is 0.706. The van der Waals surface area contributed by atoms with Crippen LogP contribution >= 0.6 is 0 Å². The largest absolute Gasteiger partial charge is 0.444 e. The Labute approximate surface area is 128 Å². The van der Waals surface area contributed by atoms with Crippen LogP contribution in [0.25, 0.3) is 0 Å². The number of carbonyl (C=O) groups is 1. The average Bonchev–Trinajstić information content (AvgIpc) is 2.41. The van der Waals surface area contributed by atoms with Crippen molar-refractivity contribution in [2.75, 3.05) is 19.7 Å². The van der Waals surface area contributed by atoms with Crippen molar-refractivity contribution in [3.8, 4) is 0 Å². The van der Waals surface area contributed by atoms with Crippen LogP contribution in [0.4, 0.5) is 4.79 Å². The summed E-state index contributed by atoms with van der Waals surface area (Å²) in [5.41, 5.74) is -0.481. The van der Waals surface area contributed by atoms with E-state index in [1.165, 1.54) is 0 Å². The topological polar surface area (TPSA) is 49.8 Å².